The zero-order chi connectivity index (χ0) is 27.6. The molecule has 0 bridgehead atoms. The van der Waals surface area contributed by atoms with Gasteiger partial charge in [-0.3, -0.25) is 4.90 Å². The fraction of sp³-hybridized carbons (Fsp3) is 0.419. The van der Waals surface area contributed by atoms with Gasteiger partial charge in [0.05, 0.1) is 6.20 Å². The van der Waals surface area contributed by atoms with Crippen molar-refractivity contribution in [3.63, 3.8) is 0 Å². The number of nitrogens with one attached hydrogen (secondary N) is 1. The minimum absolute atomic E-state index is 0.130. The van der Waals surface area contributed by atoms with Crippen LogP contribution >= 0.6 is 11.6 Å². The lowest BCUT2D eigenvalue weighted by Gasteiger charge is -2.39. The quantitative estimate of drug-likeness (QED) is 0.275. The summed E-state index contributed by atoms with van der Waals surface area (Å²) in [6.07, 6.45) is 8.78. The standard InChI is InChI=1S/C31H37ClN4O3/c1-21(32)4-5-23-18-31(2,3)10-8-24(23)20-35-12-14-36(15-13-35)25-6-7-27(30(37)38)28(17-25)39-26-16-22-9-11-33-29(22)34-19-26/h6-7,9,11,16-17,19H,1,4-5,8,10,12-15,18,20H2,2-3H3,(H,33,34)(H,37,38). The van der Waals surface area contributed by atoms with Gasteiger partial charge in [0.25, 0.3) is 0 Å². The Labute approximate surface area is 235 Å². The number of carboxylic acid groups (broad SMARTS) is 1. The van der Waals surface area contributed by atoms with Crippen molar-refractivity contribution in [2.45, 2.75) is 46.0 Å². The lowest BCUT2D eigenvalue weighted by Crippen LogP contribution is -2.47. The summed E-state index contributed by atoms with van der Waals surface area (Å²) in [4.78, 5) is 24.2. The van der Waals surface area contributed by atoms with E-state index < -0.39 is 5.97 Å². The molecular weight excluding hydrogens is 512 g/mol. The molecule has 2 aliphatic rings. The number of halogens is 1. The molecule has 0 spiro atoms. The normalized spacial score (nSPS) is 18.0. The number of aromatic nitrogens is 2. The molecule has 2 aromatic heterocycles. The van der Waals surface area contributed by atoms with Crippen LogP contribution in [0.4, 0.5) is 5.69 Å². The molecule has 1 saturated heterocycles. The van der Waals surface area contributed by atoms with E-state index in [9.17, 15) is 9.90 Å². The van der Waals surface area contributed by atoms with Crippen molar-refractivity contribution in [3.05, 3.63) is 71.0 Å². The number of H-pyrrole nitrogens is 1. The molecule has 2 N–H and O–H groups in total. The van der Waals surface area contributed by atoms with E-state index in [0.717, 1.165) is 80.2 Å². The number of anilines is 1. The average Bonchev–Trinajstić information content (AvgIpc) is 3.37. The van der Waals surface area contributed by atoms with E-state index in [1.165, 1.54) is 6.42 Å². The summed E-state index contributed by atoms with van der Waals surface area (Å²) in [6.45, 7) is 13.3. The van der Waals surface area contributed by atoms with E-state index in [1.54, 1.807) is 23.4 Å². The van der Waals surface area contributed by atoms with E-state index >= 15 is 0 Å². The highest BCUT2D eigenvalue weighted by molar-refractivity contribution is 6.29. The van der Waals surface area contributed by atoms with E-state index in [-0.39, 0.29) is 5.56 Å². The fourth-order valence-corrected chi connectivity index (χ4v) is 5.80. The van der Waals surface area contributed by atoms with E-state index in [0.29, 0.717) is 16.9 Å². The van der Waals surface area contributed by atoms with Gasteiger partial charge < -0.3 is 19.7 Å². The second-order valence-electron chi connectivity index (χ2n) is 11.5. The van der Waals surface area contributed by atoms with Crippen molar-refractivity contribution < 1.29 is 14.6 Å². The molecule has 0 atom stereocenters. The molecule has 0 amide bonds. The van der Waals surface area contributed by atoms with Crippen LogP contribution in [0.3, 0.4) is 0 Å². The first-order valence-electron chi connectivity index (χ1n) is 13.7. The largest absolute Gasteiger partial charge is 0.478 e. The predicted octanol–water partition coefficient (Wildman–Crippen LogP) is 7.21. The molecule has 39 heavy (non-hydrogen) atoms. The molecule has 0 saturated carbocycles. The van der Waals surface area contributed by atoms with Crippen LogP contribution in [0.5, 0.6) is 11.5 Å². The number of carbonyl (C=O) groups is 1. The first-order chi connectivity index (χ1) is 18.7. The van der Waals surface area contributed by atoms with Crippen molar-refractivity contribution in [2.75, 3.05) is 37.6 Å². The summed E-state index contributed by atoms with van der Waals surface area (Å²) in [7, 11) is 0. The van der Waals surface area contributed by atoms with E-state index in [4.69, 9.17) is 16.3 Å². The molecule has 0 unspecified atom stereocenters. The van der Waals surface area contributed by atoms with Gasteiger partial charge >= 0.3 is 5.97 Å². The van der Waals surface area contributed by atoms with Crippen molar-refractivity contribution in [1.29, 1.82) is 0 Å². The van der Waals surface area contributed by atoms with Crippen LogP contribution in [0, 0.1) is 5.41 Å². The number of carboxylic acids is 1. The topological polar surface area (TPSA) is 81.7 Å². The van der Waals surface area contributed by atoms with Gasteiger partial charge in [-0.2, -0.15) is 0 Å². The fourth-order valence-electron chi connectivity index (χ4n) is 5.71. The minimum atomic E-state index is -1.02. The molecule has 206 valence electrons. The maximum atomic E-state index is 11.9. The van der Waals surface area contributed by atoms with E-state index in [2.05, 4.69) is 40.2 Å². The molecule has 5 rings (SSSR count). The Kier molecular flexibility index (Phi) is 8.01. The maximum Gasteiger partial charge on any atom is 0.339 e. The third-order valence-electron chi connectivity index (χ3n) is 7.94. The lowest BCUT2D eigenvalue weighted by molar-refractivity contribution is 0.0694. The molecular formula is C31H37ClN4O3. The Bertz CT molecular complexity index is 1400. The summed E-state index contributed by atoms with van der Waals surface area (Å²) >= 11 is 6.10. The van der Waals surface area contributed by atoms with Crippen LogP contribution in [0.25, 0.3) is 11.0 Å². The Morgan fingerprint density at radius 1 is 1.18 bits per heavy atom. The van der Waals surface area contributed by atoms with Crippen molar-refractivity contribution in [1.82, 2.24) is 14.9 Å². The smallest absolute Gasteiger partial charge is 0.339 e. The molecule has 3 aromatic rings. The van der Waals surface area contributed by atoms with Crippen molar-refractivity contribution in [3.8, 4) is 11.5 Å². The number of rotatable bonds is 9. The minimum Gasteiger partial charge on any atom is -0.478 e. The predicted molar refractivity (Wildman–Crippen MR) is 157 cm³/mol. The number of fused-ring (bicyclic) bond motifs is 1. The SMILES string of the molecule is C=C(Cl)CCC1=C(CN2CCN(c3ccc(C(=O)O)c(Oc4cnc5[nH]ccc5c4)c3)CC2)CCC(C)(C)C1. The number of hydrogen-bond acceptors (Lipinski definition) is 5. The Morgan fingerprint density at radius 3 is 2.72 bits per heavy atom. The molecule has 1 aliphatic heterocycles. The van der Waals surface area contributed by atoms with Gasteiger partial charge in [-0.25, -0.2) is 9.78 Å². The van der Waals surface area contributed by atoms with Crippen molar-refractivity contribution in [2.24, 2.45) is 5.41 Å². The van der Waals surface area contributed by atoms with Crippen molar-refractivity contribution >= 4 is 34.3 Å². The maximum absolute atomic E-state index is 11.9. The van der Waals surface area contributed by atoms with Gasteiger partial charge in [-0.1, -0.05) is 43.2 Å². The Hall–Kier alpha value is -3.29. The number of hydrogen-bond donors (Lipinski definition) is 2. The van der Waals surface area contributed by atoms with Gasteiger partial charge in [0.15, 0.2) is 0 Å². The Balaban J connectivity index is 1.27. The Morgan fingerprint density at radius 2 is 1.97 bits per heavy atom. The van der Waals surface area contributed by atoms with Crippen LogP contribution in [0.15, 0.2) is 65.5 Å². The van der Waals surface area contributed by atoms with Crippen LogP contribution in [-0.2, 0) is 0 Å². The second kappa shape index (κ2) is 11.4. The zero-order valence-electron chi connectivity index (χ0n) is 22.8. The summed E-state index contributed by atoms with van der Waals surface area (Å²) in [5, 5.41) is 11.4. The van der Waals surface area contributed by atoms with Gasteiger partial charge in [0.2, 0.25) is 0 Å². The number of allylic oxidation sites excluding steroid dienone is 2. The van der Waals surface area contributed by atoms with Gasteiger partial charge in [-0.05, 0) is 61.8 Å². The van der Waals surface area contributed by atoms with E-state index in [1.807, 2.05) is 30.5 Å². The molecule has 8 heteroatoms. The summed E-state index contributed by atoms with van der Waals surface area (Å²) in [6, 6.07) is 9.11. The average molecular weight is 549 g/mol. The molecule has 0 radical (unpaired) electrons. The second-order valence-corrected chi connectivity index (χ2v) is 12.0. The molecule has 1 aliphatic carbocycles. The first kappa shape index (κ1) is 27.3. The highest BCUT2D eigenvalue weighted by Gasteiger charge is 2.28. The van der Waals surface area contributed by atoms with Gasteiger partial charge in [-0.15, -0.1) is 0 Å². The highest BCUT2D eigenvalue weighted by atomic mass is 35.5. The van der Waals surface area contributed by atoms with Gasteiger partial charge in [0.1, 0.15) is 22.7 Å². The van der Waals surface area contributed by atoms with Crippen LogP contribution < -0.4 is 9.64 Å². The number of nitrogens with zero attached hydrogens (tertiary/aromatic N) is 3. The number of piperazine rings is 1. The summed E-state index contributed by atoms with van der Waals surface area (Å²) in [5.41, 5.74) is 5.34. The zero-order valence-corrected chi connectivity index (χ0v) is 23.6. The summed E-state index contributed by atoms with van der Waals surface area (Å²) < 4.78 is 6.05. The number of aromatic amines is 1. The molecule has 7 nitrogen and oxygen atoms in total. The number of ether oxygens (including phenoxy) is 1. The third kappa shape index (κ3) is 6.65. The van der Waals surface area contributed by atoms with Crippen LogP contribution in [0.2, 0.25) is 0 Å². The molecule has 1 fully saturated rings. The lowest BCUT2D eigenvalue weighted by atomic mass is 9.73. The highest BCUT2D eigenvalue weighted by Crippen LogP contribution is 2.41. The number of benzene rings is 1. The summed E-state index contributed by atoms with van der Waals surface area (Å²) in [5.74, 6) is -0.196. The van der Waals surface area contributed by atoms with Crippen LogP contribution in [0.1, 0.15) is 56.3 Å². The first-order valence-corrected chi connectivity index (χ1v) is 14.0. The monoisotopic (exact) mass is 548 g/mol. The number of aromatic carboxylic acids is 1. The van der Waals surface area contributed by atoms with Crippen LogP contribution in [-0.4, -0.2) is 58.7 Å². The molecule has 3 heterocycles. The van der Waals surface area contributed by atoms with Gasteiger partial charge in [0, 0.05) is 61.1 Å². The number of pyridine rings is 1. The third-order valence-corrected chi connectivity index (χ3v) is 8.13. The molecule has 1 aromatic carbocycles.